The molecule has 0 aromatic carbocycles. The molecule has 1 aliphatic rings. The topological polar surface area (TPSA) is 25.4 Å². The summed E-state index contributed by atoms with van der Waals surface area (Å²) in [5.41, 5.74) is 0. The Morgan fingerprint density at radius 3 is 2.63 bits per heavy atom. The van der Waals surface area contributed by atoms with Crippen LogP contribution in [0.3, 0.4) is 0 Å². The molecule has 1 saturated carbocycles. The molecule has 1 aromatic rings. The maximum atomic E-state index is 5.72. The number of nitrogens with zero attached hydrogens (tertiary/aromatic N) is 2. The molecule has 19 heavy (non-hydrogen) atoms. The van der Waals surface area contributed by atoms with Crippen molar-refractivity contribution >= 4 is 0 Å². The number of hydrogen-bond acceptors (Lipinski definition) is 3. The summed E-state index contributed by atoms with van der Waals surface area (Å²) in [6.07, 6.45) is 13.3. The van der Waals surface area contributed by atoms with Crippen molar-refractivity contribution in [2.75, 3.05) is 20.2 Å². The van der Waals surface area contributed by atoms with Gasteiger partial charge in [-0.25, -0.2) is 0 Å². The van der Waals surface area contributed by atoms with Gasteiger partial charge in [0.25, 0.3) is 0 Å². The van der Waals surface area contributed by atoms with Crippen molar-refractivity contribution in [3.05, 3.63) is 24.5 Å². The third kappa shape index (κ3) is 5.19. The smallest absolute Gasteiger partial charge is 0.137 e. The summed E-state index contributed by atoms with van der Waals surface area (Å²) < 4.78 is 5.72. The molecule has 1 heterocycles. The average Bonchev–Trinajstić information content (AvgIpc) is 2.39. The molecule has 0 spiro atoms. The summed E-state index contributed by atoms with van der Waals surface area (Å²) in [6, 6.07) is 4.62. The lowest BCUT2D eigenvalue weighted by atomic mass is 9.96. The lowest BCUT2D eigenvalue weighted by Gasteiger charge is -2.29. The van der Waals surface area contributed by atoms with E-state index in [-0.39, 0.29) is 0 Å². The second-order valence-electron chi connectivity index (χ2n) is 5.52. The summed E-state index contributed by atoms with van der Waals surface area (Å²) in [5, 5.41) is 0. The number of pyridine rings is 1. The van der Waals surface area contributed by atoms with Crippen LogP contribution in [0.1, 0.15) is 44.9 Å². The molecule has 0 bridgehead atoms. The molecule has 1 aliphatic carbocycles. The van der Waals surface area contributed by atoms with E-state index in [4.69, 9.17) is 4.74 Å². The van der Waals surface area contributed by atoms with Crippen molar-refractivity contribution in [3.63, 3.8) is 0 Å². The van der Waals surface area contributed by atoms with Gasteiger partial charge in [-0.05, 0) is 32.0 Å². The molecule has 0 radical (unpaired) electrons. The highest BCUT2D eigenvalue weighted by atomic mass is 16.5. The predicted molar refractivity (Wildman–Crippen MR) is 78.5 cm³/mol. The van der Waals surface area contributed by atoms with Crippen LogP contribution in [-0.2, 0) is 0 Å². The maximum absolute atomic E-state index is 5.72. The summed E-state index contributed by atoms with van der Waals surface area (Å²) >= 11 is 0. The first-order valence-corrected chi connectivity index (χ1v) is 7.59. The van der Waals surface area contributed by atoms with Gasteiger partial charge in [0.15, 0.2) is 0 Å². The third-order valence-corrected chi connectivity index (χ3v) is 4.05. The van der Waals surface area contributed by atoms with E-state index in [1.54, 1.807) is 12.4 Å². The van der Waals surface area contributed by atoms with Crippen LogP contribution in [0.5, 0.6) is 5.75 Å². The van der Waals surface area contributed by atoms with Gasteiger partial charge in [0.1, 0.15) is 12.4 Å². The lowest BCUT2D eigenvalue weighted by Crippen LogP contribution is -2.35. The zero-order chi connectivity index (χ0) is 13.3. The standard InChI is InChI=1S/C16H26N2O/c1-18(15-8-5-3-2-4-6-9-15)12-13-19-16-10-7-11-17-14-16/h7,10-11,14-15H,2-6,8-9,12-13H2,1H3. The molecule has 0 saturated heterocycles. The maximum Gasteiger partial charge on any atom is 0.137 e. The highest BCUT2D eigenvalue weighted by Gasteiger charge is 2.15. The van der Waals surface area contributed by atoms with E-state index in [0.29, 0.717) is 0 Å². The Morgan fingerprint density at radius 2 is 1.95 bits per heavy atom. The minimum absolute atomic E-state index is 0.748. The molecule has 1 fully saturated rings. The van der Waals surface area contributed by atoms with Gasteiger partial charge in [-0.15, -0.1) is 0 Å². The molecule has 0 amide bonds. The van der Waals surface area contributed by atoms with Gasteiger partial charge in [0.05, 0.1) is 6.20 Å². The van der Waals surface area contributed by atoms with E-state index in [0.717, 1.165) is 24.9 Å². The van der Waals surface area contributed by atoms with Gasteiger partial charge in [0, 0.05) is 18.8 Å². The van der Waals surface area contributed by atoms with Crippen LogP contribution in [0.2, 0.25) is 0 Å². The van der Waals surface area contributed by atoms with Gasteiger partial charge in [-0.3, -0.25) is 4.98 Å². The van der Waals surface area contributed by atoms with Gasteiger partial charge in [0.2, 0.25) is 0 Å². The van der Waals surface area contributed by atoms with Crippen LogP contribution in [0.4, 0.5) is 0 Å². The third-order valence-electron chi connectivity index (χ3n) is 4.05. The van der Waals surface area contributed by atoms with Gasteiger partial charge in [-0.1, -0.05) is 32.1 Å². The van der Waals surface area contributed by atoms with Crippen molar-refractivity contribution < 1.29 is 4.74 Å². The number of rotatable bonds is 5. The largest absolute Gasteiger partial charge is 0.491 e. The van der Waals surface area contributed by atoms with Crippen molar-refractivity contribution in [1.82, 2.24) is 9.88 Å². The van der Waals surface area contributed by atoms with Crippen LogP contribution < -0.4 is 4.74 Å². The highest BCUT2D eigenvalue weighted by molar-refractivity contribution is 5.15. The normalized spacial score (nSPS) is 18.0. The molecule has 3 heteroatoms. The Hall–Kier alpha value is -1.09. The number of ether oxygens (including phenoxy) is 1. The molecule has 0 aliphatic heterocycles. The first-order chi connectivity index (χ1) is 9.36. The molecular weight excluding hydrogens is 236 g/mol. The number of hydrogen-bond donors (Lipinski definition) is 0. The zero-order valence-electron chi connectivity index (χ0n) is 12.1. The van der Waals surface area contributed by atoms with Crippen molar-refractivity contribution in [2.24, 2.45) is 0 Å². The molecule has 0 atom stereocenters. The quantitative estimate of drug-likeness (QED) is 0.812. The number of aromatic nitrogens is 1. The molecule has 0 N–H and O–H groups in total. The summed E-state index contributed by atoms with van der Waals surface area (Å²) in [6.45, 7) is 1.75. The van der Waals surface area contributed by atoms with E-state index >= 15 is 0 Å². The van der Waals surface area contributed by atoms with Gasteiger partial charge < -0.3 is 9.64 Å². The van der Waals surface area contributed by atoms with E-state index in [2.05, 4.69) is 16.9 Å². The van der Waals surface area contributed by atoms with E-state index in [1.165, 1.54) is 44.9 Å². The Labute approximate surface area is 117 Å². The van der Waals surface area contributed by atoms with Crippen LogP contribution in [-0.4, -0.2) is 36.1 Å². The second kappa shape index (κ2) is 8.16. The predicted octanol–water partition coefficient (Wildman–Crippen LogP) is 3.51. The molecule has 2 rings (SSSR count). The van der Waals surface area contributed by atoms with Gasteiger partial charge >= 0.3 is 0 Å². The fourth-order valence-corrected chi connectivity index (χ4v) is 2.80. The molecule has 106 valence electrons. The molecule has 1 aromatic heterocycles. The van der Waals surface area contributed by atoms with Crippen molar-refractivity contribution in [3.8, 4) is 5.75 Å². The minimum atomic E-state index is 0.748. The molecular formula is C16H26N2O. The van der Waals surface area contributed by atoms with Crippen LogP contribution >= 0.6 is 0 Å². The summed E-state index contributed by atoms with van der Waals surface area (Å²) in [5.74, 6) is 0.869. The zero-order valence-corrected chi connectivity index (χ0v) is 12.1. The van der Waals surface area contributed by atoms with Crippen LogP contribution in [0.15, 0.2) is 24.5 Å². The van der Waals surface area contributed by atoms with E-state index in [1.807, 2.05) is 12.1 Å². The SMILES string of the molecule is CN(CCOc1cccnc1)C1CCCCCCC1. The Morgan fingerprint density at radius 1 is 1.21 bits per heavy atom. The number of likely N-dealkylation sites (N-methyl/N-ethyl adjacent to an activating group) is 1. The fraction of sp³-hybridized carbons (Fsp3) is 0.688. The Kier molecular flexibility index (Phi) is 6.15. The monoisotopic (exact) mass is 262 g/mol. The van der Waals surface area contributed by atoms with Crippen molar-refractivity contribution in [1.29, 1.82) is 0 Å². The summed E-state index contributed by atoms with van der Waals surface area (Å²) in [7, 11) is 2.23. The summed E-state index contributed by atoms with van der Waals surface area (Å²) in [4.78, 5) is 6.53. The Bertz CT molecular complexity index is 334. The van der Waals surface area contributed by atoms with Gasteiger partial charge in [-0.2, -0.15) is 0 Å². The molecule has 0 unspecified atom stereocenters. The first kappa shape index (κ1) is 14.3. The minimum Gasteiger partial charge on any atom is -0.491 e. The second-order valence-corrected chi connectivity index (χ2v) is 5.52. The Balaban J connectivity index is 1.69. The average molecular weight is 262 g/mol. The van der Waals surface area contributed by atoms with E-state index < -0.39 is 0 Å². The van der Waals surface area contributed by atoms with Crippen LogP contribution in [0.25, 0.3) is 0 Å². The fourth-order valence-electron chi connectivity index (χ4n) is 2.80. The van der Waals surface area contributed by atoms with Crippen LogP contribution in [0, 0.1) is 0 Å². The first-order valence-electron chi connectivity index (χ1n) is 7.59. The van der Waals surface area contributed by atoms with E-state index in [9.17, 15) is 0 Å². The van der Waals surface area contributed by atoms with Crippen molar-refractivity contribution in [2.45, 2.75) is 51.0 Å². The highest BCUT2D eigenvalue weighted by Crippen LogP contribution is 2.20. The molecule has 3 nitrogen and oxygen atoms in total. The lowest BCUT2D eigenvalue weighted by molar-refractivity contribution is 0.167.